The molecule has 5 heteroatoms. The topological polar surface area (TPSA) is 58.6 Å². The van der Waals surface area contributed by atoms with Crippen LogP contribution in [0.5, 0.6) is 5.75 Å². The normalized spacial score (nSPS) is 18.5. The van der Waals surface area contributed by atoms with Crippen LogP contribution in [0.4, 0.5) is 5.69 Å². The maximum absolute atomic E-state index is 12.3. The van der Waals surface area contributed by atoms with Crippen LogP contribution < -0.4 is 10.1 Å². The molecule has 0 aliphatic carbocycles. The van der Waals surface area contributed by atoms with Crippen LogP contribution in [0.1, 0.15) is 32.8 Å². The van der Waals surface area contributed by atoms with Gasteiger partial charge in [0.1, 0.15) is 11.8 Å². The van der Waals surface area contributed by atoms with E-state index in [0.717, 1.165) is 17.0 Å². The van der Waals surface area contributed by atoms with Crippen LogP contribution >= 0.6 is 0 Å². The zero-order valence-electron chi connectivity index (χ0n) is 13.0. The summed E-state index contributed by atoms with van der Waals surface area (Å²) in [4.78, 5) is 25.5. The van der Waals surface area contributed by atoms with Crippen molar-refractivity contribution in [2.24, 2.45) is 0 Å². The van der Waals surface area contributed by atoms with Gasteiger partial charge in [0.25, 0.3) is 5.91 Å². The molecule has 1 heterocycles. The Morgan fingerprint density at radius 2 is 2.10 bits per heavy atom. The van der Waals surface area contributed by atoms with E-state index in [1.165, 1.54) is 4.90 Å². The monoisotopic (exact) mass is 290 g/mol. The summed E-state index contributed by atoms with van der Waals surface area (Å²) in [7, 11) is 0. The molecule has 1 aliphatic rings. The lowest BCUT2D eigenvalue weighted by molar-refractivity contribution is -0.140. The second-order valence-electron chi connectivity index (χ2n) is 5.51. The fourth-order valence-electron chi connectivity index (χ4n) is 2.55. The molecule has 5 nitrogen and oxygen atoms in total. The van der Waals surface area contributed by atoms with Gasteiger partial charge in [0.15, 0.2) is 0 Å². The Morgan fingerprint density at radius 3 is 2.62 bits per heavy atom. The van der Waals surface area contributed by atoms with E-state index in [-0.39, 0.29) is 24.3 Å². The van der Waals surface area contributed by atoms with E-state index in [0.29, 0.717) is 6.61 Å². The lowest BCUT2D eigenvalue weighted by atomic mass is 10.1. The van der Waals surface area contributed by atoms with E-state index < -0.39 is 6.04 Å². The average molecular weight is 290 g/mol. The number of carbonyl (C=O) groups excluding carboxylic acids is 2. The lowest BCUT2D eigenvalue weighted by Gasteiger charge is -2.20. The Hall–Kier alpha value is -2.04. The Kier molecular flexibility index (Phi) is 4.50. The van der Waals surface area contributed by atoms with Crippen LogP contribution in [0.3, 0.4) is 0 Å². The number of amides is 2. The van der Waals surface area contributed by atoms with Gasteiger partial charge in [-0.25, -0.2) is 0 Å². The molecule has 0 spiro atoms. The van der Waals surface area contributed by atoms with Gasteiger partial charge in [0.05, 0.1) is 13.0 Å². The molecular formula is C16H22N2O3. The number of benzene rings is 1. The average Bonchev–Trinajstić information content (AvgIpc) is 2.68. The van der Waals surface area contributed by atoms with Crippen LogP contribution in [0.15, 0.2) is 18.2 Å². The number of nitrogens with one attached hydrogen (secondary N) is 1. The van der Waals surface area contributed by atoms with Crippen LogP contribution in [0.2, 0.25) is 0 Å². The maximum Gasteiger partial charge on any atom is 0.252 e. The van der Waals surface area contributed by atoms with Gasteiger partial charge in [-0.05, 0) is 51.5 Å². The number of hydrogen-bond acceptors (Lipinski definition) is 4. The van der Waals surface area contributed by atoms with Gasteiger partial charge >= 0.3 is 0 Å². The number of rotatable bonds is 5. The molecule has 1 fully saturated rings. The Balaban J connectivity index is 2.12. The second-order valence-corrected chi connectivity index (χ2v) is 5.51. The van der Waals surface area contributed by atoms with Gasteiger partial charge in [-0.3, -0.25) is 14.5 Å². The minimum atomic E-state index is -0.475. The smallest absolute Gasteiger partial charge is 0.252 e. The second kappa shape index (κ2) is 6.16. The highest BCUT2D eigenvalue weighted by atomic mass is 16.5. The number of nitrogens with zero attached hydrogens (tertiary/aromatic N) is 1. The molecule has 1 unspecified atom stereocenters. The quantitative estimate of drug-likeness (QED) is 0.846. The summed E-state index contributed by atoms with van der Waals surface area (Å²) < 4.78 is 5.44. The Bertz CT molecular complexity index is 554. The van der Waals surface area contributed by atoms with E-state index in [1.807, 2.05) is 45.9 Å². The molecule has 0 aromatic heterocycles. The van der Waals surface area contributed by atoms with E-state index >= 15 is 0 Å². The van der Waals surface area contributed by atoms with Crippen molar-refractivity contribution in [2.75, 3.05) is 11.9 Å². The number of ether oxygens (including phenoxy) is 1. The molecule has 0 radical (unpaired) electrons. The molecule has 1 aromatic rings. The summed E-state index contributed by atoms with van der Waals surface area (Å²) in [6.07, 6.45) is 0.212. The van der Waals surface area contributed by atoms with Crippen LogP contribution in [-0.4, -0.2) is 35.4 Å². The van der Waals surface area contributed by atoms with E-state index in [9.17, 15) is 9.59 Å². The third-order valence-electron chi connectivity index (χ3n) is 3.54. The first-order chi connectivity index (χ1) is 9.93. The number of likely N-dealkylation sites (tertiary alicyclic amines) is 1. The fraction of sp³-hybridized carbons (Fsp3) is 0.500. The number of anilines is 1. The zero-order chi connectivity index (χ0) is 15.6. The lowest BCUT2D eigenvalue weighted by Crippen LogP contribution is -2.39. The van der Waals surface area contributed by atoms with Gasteiger partial charge in [-0.15, -0.1) is 0 Å². The predicted molar refractivity (Wildman–Crippen MR) is 81.4 cm³/mol. The first kappa shape index (κ1) is 15.4. The summed E-state index contributed by atoms with van der Waals surface area (Å²) in [5.74, 6) is 0.539. The highest BCUT2D eigenvalue weighted by Crippen LogP contribution is 2.25. The largest absolute Gasteiger partial charge is 0.494 e. The van der Waals surface area contributed by atoms with Crippen molar-refractivity contribution in [3.63, 3.8) is 0 Å². The van der Waals surface area contributed by atoms with Crippen LogP contribution in [0.25, 0.3) is 0 Å². The molecular weight excluding hydrogens is 268 g/mol. The summed E-state index contributed by atoms with van der Waals surface area (Å²) in [5, 5.41) is 3.18. The van der Waals surface area contributed by atoms with E-state index in [4.69, 9.17) is 4.74 Å². The van der Waals surface area contributed by atoms with Gasteiger partial charge in [-0.1, -0.05) is 0 Å². The van der Waals surface area contributed by atoms with Crippen LogP contribution in [-0.2, 0) is 9.59 Å². The highest BCUT2D eigenvalue weighted by Gasteiger charge is 2.39. The third-order valence-corrected chi connectivity index (χ3v) is 3.54. The summed E-state index contributed by atoms with van der Waals surface area (Å²) in [6.45, 7) is 8.20. The number of aryl methyl sites for hydroxylation is 1. The molecule has 1 N–H and O–H groups in total. The molecule has 2 rings (SSSR count). The number of hydrogen-bond donors (Lipinski definition) is 1. The van der Waals surface area contributed by atoms with E-state index in [1.54, 1.807) is 0 Å². The van der Waals surface area contributed by atoms with Crippen molar-refractivity contribution in [1.82, 2.24) is 4.90 Å². The van der Waals surface area contributed by atoms with Crippen LogP contribution in [0, 0.1) is 6.92 Å². The first-order valence-corrected chi connectivity index (χ1v) is 7.30. The van der Waals surface area contributed by atoms with Gasteiger partial charge in [0.2, 0.25) is 5.91 Å². The minimum Gasteiger partial charge on any atom is -0.494 e. The third kappa shape index (κ3) is 3.17. The summed E-state index contributed by atoms with van der Waals surface area (Å²) >= 11 is 0. The minimum absolute atomic E-state index is 0.0989. The summed E-state index contributed by atoms with van der Waals surface area (Å²) in [6, 6.07) is 5.10. The van der Waals surface area contributed by atoms with Crippen molar-refractivity contribution in [2.45, 2.75) is 46.2 Å². The molecule has 0 saturated carbocycles. The number of imide groups is 1. The molecule has 114 valence electrons. The molecule has 1 atom stereocenters. The molecule has 1 aliphatic heterocycles. The standard InChI is InChI=1S/C16H22N2O3/c1-5-21-12-6-7-13(11(4)8-12)17-14-9-15(19)18(10(2)3)16(14)20/h6-8,10,14,17H,5,9H2,1-4H3. The Labute approximate surface area is 125 Å². The van der Waals surface area contributed by atoms with Gasteiger partial charge in [0, 0.05) is 11.7 Å². The van der Waals surface area contributed by atoms with E-state index in [2.05, 4.69) is 5.32 Å². The molecule has 0 bridgehead atoms. The van der Waals surface area contributed by atoms with Crippen molar-refractivity contribution >= 4 is 17.5 Å². The first-order valence-electron chi connectivity index (χ1n) is 7.30. The van der Waals surface area contributed by atoms with Crippen molar-refractivity contribution in [3.05, 3.63) is 23.8 Å². The van der Waals surface area contributed by atoms with Crippen molar-refractivity contribution in [1.29, 1.82) is 0 Å². The molecule has 21 heavy (non-hydrogen) atoms. The molecule has 1 saturated heterocycles. The SMILES string of the molecule is CCOc1ccc(NC2CC(=O)N(C(C)C)C2=O)c(C)c1. The molecule has 2 amide bonds. The number of carbonyl (C=O) groups is 2. The zero-order valence-corrected chi connectivity index (χ0v) is 13.0. The highest BCUT2D eigenvalue weighted by molar-refractivity contribution is 6.07. The predicted octanol–water partition coefficient (Wildman–Crippen LogP) is 2.34. The Morgan fingerprint density at radius 1 is 1.38 bits per heavy atom. The maximum atomic E-state index is 12.3. The summed E-state index contributed by atoms with van der Waals surface area (Å²) in [5.41, 5.74) is 1.85. The van der Waals surface area contributed by atoms with Crippen molar-refractivity contribution < 1.29 is 14.3 Å². The van der Waals surface area contributed by atoms with Gasteiger partial charge in [-0.2, -0.15) is 0 Å². The van der Waals surface area contributed by atoms with Gasteiger partial charge < -0.3 is 10.1 Å². The molecule has 1 aromatic carbocycles. The fourth-order valence-corrected chi connectivity index (χ4v) is 2.55. The van der Waals surface area contributed by atoms with Crippen molar-refractivity contribution in [3.8, 4) is 5.75 Å².